The number of rotatable bonds is 9. The Morgan fingerprint density at radius 2 is 1.88 bits per heavy atom. The van der Waals surface area contributed by atoms with Gasteiger partial charge in [-0.15, -0.1) is 0 Å². The molecular formula is C13H28O2Si. The Morgan fingerprint density at radius 3 is 2.44 bits per heavy atom. The Morgan fingerprint density at radius 1 is 1.19 bits per heavy atom. The maximum atomic E-state index is 5.95. The highest BCUT2D eigenvalue weighted by Gasteiger charge is 2.25. The van der Waals surface area contributed by atoms with Crippen LogP contribution in [0.1, 0.15) is 46.5 Å². The SMILES string of the molecule is CCCC/C=C/C(C)O[Si](C)(C)OCCC. The molecule has 0 aromatic rings. The second-order valence-electron chi connectivity index (χ2n) is 4.64. The van der Waals surface area contributed by atoms with Crippen LogP contribution in [-0.2, 0) is 8.85 Å². The summed E-state index contributed by atoms with van der Waals surface area (Å²) >= 11 is 0. The minimum atomic E-state index is -1.91. The van der Waals surface area contributed by atoms with Crippen LogP contribution in [0.3, 0.4) is 0 Å². The van der Waals surface area contributed by atoms with Crippen molar-refractivity contribution in [3.05, 3.63) is 12.2 Å². The van der Waals surface area contributed by atoms with E-state index in [1.165, 1.54) is 12.8 Å². The van der Waals surface area contributed by atoms with E-state index in [4.69, 9.17) is 8.85 Å². The zero-order valence-corrected chi connectivity index (χ0v) is 12.6. The Kier molecular flexibility index (Phi) is 8.90. The molecule has 0 rings (SSSR count). The molecule has 96 valence electrons. The standard InChI is InChI=1S/C13H28O2Si/c1-6-8-9-10-11-13(3)15-16(4,5)14-12-7-2/h10-11,13H,6-9,12H2,1-5H3/b11-10+. The highest BCUT2D eigenvalue weighted by atomic mass is 28.4. The molecule has 0 aromatic heterocycles. The normalized spacial score (nSPS) is 14.6. The summed E-state index contributed by atoms with van der Waals surface area (Å²) < 4.78 is 11.7. The zero-order chi connectivity index (χ0) is 12.4. The molecule has 0 aliphatic heterocycles. The minimum Gasteiger partial charge on any atom is -0.395 e. The van der Waals surface area contributed by atoms with Crippen molar-refractivity contribution in [3.8, 4) is 0 Å². The zero-order valence-electron chi connectivity index (χ0n) is 11.6. The van der Waals surface area contributed by atoms with Crippen LogP contribution in [0, 0.1) is 0 Å². The lowest BCUT2D eigenvalue weighted by atomic mass is 10.2. The Labute approximate surface area is 102 Å². The van der Waals surface area contributed by atoms with Gasteiger partial charge in [0.05, 0.1) is 6.10 Å². The van der Waals surface area contributed by atoms with Gasteiger partial charge in [-0.25, -0.2) is 0 Å². The van der Waals surface area contributed by atoms with Crippen LogP contribution in [0.4, 0.5) is 0 Å². The average Bonchev–Trinajstić information content (AvgIpc) is 2.21. The number of unbranched alkanes of at least 4 members (excludes halogenated alkanes) is 2. The van der Waals surface area contributed by atoms with Crippen LogP contribution in [0.5, 0.6) is 0 Å². The Balaban J connectivity index is 3.83. The van der Waals surface area contributed by atoms with Gasteiger partial charge in [-0.1, -0.05) is 38.8 Å². The molecule has 0 aliphatic rings. The quantitative estimate of drug-likeness (QED) is 0.343. The summed E-state index contributed by atoms with van der Waals surface area (Å²) in [5, 5.41) is 0. The fraction of sp³-hybridized carbons (Fsp3) is 0.846. The number of allylic oxidation sites excluding steroid dienone is 1. The topological polar surface area (TPSA) is 18.5 Å². The van der Waals surface area contributed by atoms with Gasteiger partial charge in [0, 0.05) is 6.61 Å². The molecule has 16 heavy (non-hydrogen) atoms. The predicted octanol–water partition coefficient (Wildman–Crippen LogP) is 4.27. The van der Waals surface area contributed by atoms with Gasteiger partial charge in [-0.2, -0.15) is 0 Å². The van der Waals surface area contributed by atoms with Gasteiger partial charge in [0.15, 0.2) is 0 Å². The third-order valence-corrected chi connectivity index (χ3v) is 4.09. The summed E-state index contributed by atoms with van der Waals surface area (Å²) in [6, 6.07) is 0. The highest BCUT2D eigenvalue weighted by Crippen LogP contribution is 2.11. The van der Waals surface area contributed by atoms with Crippen LogP contribution >= 0.6 is 0 Å². The van der Waals surface area contributed by atoms with Crippen molar-refractivity contribution in [2.45, 2.75) is 65.7 Å². The van der Waals surface area contributed by atoms with E-state index in [2.05, 4.69) is 46.0 Å². The molecule has 0 amide bonds. The van der Waals surface area contributed by atoms with Crippen LogP contribution in [-0.4, -0.2) is 21.3 Å². The van der Waals surface area contributed by atoms with Crippen LogP contribution in [0.15, 0.2) is 12.2 Å². The lowest BCUT2D eigenvalue weighted by Gasteiger charge is -2.25. The first kappa shape index (κ1) is 15.9. The van der Waals surface area contributed by atoms with E-state index >= 15 is 0 Å². The van der Waals surface area contributed by atoms with Gasteiger partial charge in [-0.05, 0) is 32.9 Å². The van der Waals surface area contributed by atoms with Gasteiger partial charge < -0.3 is 8.85 Å². The number of hydrogen-bond acceptors (Lipinski definition) is 2. The third kappa shape index (κ3) is 9.13. The molecule has 1 unspecified atom stereocenters. The van der Waals surface area contributed by atoms with Crippen LogP contribution < -0.4 is 0 Å². The fourth-order valence-electron chi connectivity index (χ4n) is 1.48. The van der Waals surface area contributed by atoms with Gasteiger partial charge >= 0.3 is 8.56 Å². The van der Waals surface area contributed by atoms with Gasteiger partial charge in [-0.3, -0.25) is 0 Å². The van der Waals surface area contributed by atoms with E-state index in [1.807, 2.05) is 0 Å². The summed E-state index contributed by atoms with van der Waals surface area (Å²) in [5.74, 6) is 0. The lowest BCUT2D eigenvalue weighted by Crippen LogP contribution is -2.37. The first-order valence-corrected chi connectivity index (χ1v) is 9.32. The van der Waals surface area contributed by atoms with Crippen LogP contribution in [0.25, 0.3) is 0 Å². The molecule has 0 fully saturated rings. The molecule has 0 bridgehead atoms. The van der Waals surface area contributed by atoms with Crippen molar-refractivity contribution < 1.29 is 8.85 Å². The van der Waals surface area contributed by atoms with E-state index in [1.54, 1.807) is 0 Å². The number of hydrogen-bond donors (Lipinski definition) is 0. The molecule has 0 heterocycles. The summed E-state index contributed by atoms with van der Waals surface area (Å²) in [4.78, 5) is 0. The first-order chi connectivity index (χ1) is 7.52. The summed E-state index contributed by atoms with van der Waals surface area (Å²) in [5.41, 5.74) is 0. The molecule has 0 N–H and O–H groups in total. The molecule has 0 saturated heterocycles. The average molecular weight is 244 g/mol. The summed E-state index contributed by atoms with van der Waals surface area (Å²) in [6.45, 7) is 11.5. The van der Waals surface area contributed by atoms with Crippen molar-refractivity contribution in [2.24, 2.45) is 0 Å². The fourth-order valence-corrected chi connectivity index (χ4v) is 3.22. The van der Waals surface area contributed by atoms with E-state index in [9.17, 15) is 0 Å². The second kappa shape index (κ2) is 8.96. The minimum absolute atomic E-state index is 0.176. The largest absolute Gasteiger partial charge is 0.395 e. The Bertz CT molecular complexity index is 190. The van der Waals surface area contributed by atoms with Crippen molar-refractivity contribution in [1.82, 2.24) is 0 Å². The maximum absolute atomic E-state index is 5.95. The molecule has 0 radical (unpaired) electrons. The molecular weight excluding hydrogens is 216 g/mol. The van der Waals surface area contributed by atoms with Crippen molar-refractivity contribution in [2.75, 3.05) is 6.61 Å². The third-order valence-electron chi connectivity index (χ3n) is 2.25. The van der Waals surface area contributed by atoms with Gasteiger partial charge in [0.25, 0.3) is 0 Å². The van der Waals surface area contributed by atoms with Gasteiger partial charge in [0.2, 0.25) is 0 Å². The summed E-state index contributed by atoms with van der Waals surface area (Å²) in [7, 11) is -1.91. The smallest absolute Gasteiger partial charge is 0.332 e. The molecule has 3 heteroatoms. The van der Waals surface area contributed by atoms with Crippen molar-refractivity contribution in [3.63, 3.8) is 0 Å². The first-order valence-electron chi connectivity index (χ1n) is 6.50. The monoisotopic (exact) mass is 244 g/mol. The molecule has 0 aliphatic carbocycles. The highest BCUT2D eigenvalue weighted by molar-refractivity contribution is 6.64. The van der Waals surface area contributed by atoms with E-state index < -0.39 is 8.56 Å². The predicted molar refractivity (Wildman–Crippen MR) is 72.9 cm³/mol. The molecule has 2 nitrogen and oxygen atoms in total. The van der Waals surface area contributed by atoms with Gasteiger partial charge in [0.1, 0.15) is 0 Å². The van der Waals surface area contributed by atoms with Crippen molar-refractivity contribution >= 4 is 8.56 Å². The van der Waals surface area contributed by atoms with Crippen LogP contribution in [0.2, 0.25) is 13.1 Å². The maximum Gasteiger partial charge on any atom is 0.332 e. The van der Waals surface area contributed by atoms with E-state index in [0.29, 0.717) is 0 Å². The Hall–Kier alpha value is -0.123. The lowest BCUT2D eigenvalue weighted by molar-refractivity contribution is 0.156. The molecule has 0 spiro atoms. The molecule has 0 saturated carbocycles. The van der Waals surface area contributed by atoms with E-state index in [-0.39, 0.29) is 6.10 Å². The molecule has 1 atom stereocenters. The molecule has 0 aromatic carbocycles. The van der Waals surface area contributed by atoms with E-state index in [0.717, 1.165) is 19.4 Å². The summed E-state index contributed by atoms with van der Waals surface area (Å²) in [6.07, 6.45) is 9.27. The second-order valence-corrected chi connectivity index (χ2v) is 7.97. The van der Waals surface area contributed by atoms with Crippen molar-refractivity contribution in [1.29, 1.82) is 0 Å².